The molecule has 0 aliphatic carbocycles. The van der Waals surface area contributed by atoms with E-state index >= 15 is 0 Å². The predicted molar refractivity (Wildman–Crippen MR) is 85.9 cm³/mol. The van der Waals surface area contributed by atoms with Gasteiger partial charge in [0.1, 0.15) is 4.99 Å². The van der Waals surface area contributed by atoms with Crippen molar-refractivity contribution in [3.05, 3.63) is 64.2 Å². The van der Waals surface area contributed by atoms with Gasteiger partial charge >= 0.3 is 0 Å². The highest BCUT2D eigenvalue weighted by molar-refractivity contribution is 7.80. The molecular formula is C15H13ClF2N2S. The van der Waals surface area contributed by atoms with E-state index in [0.717, 1.165) is 5.56 Å². The Hall–Kier alpha value is -1.72. The third-order valence-electron chi connectivity index (χ3n) is 2.99. The Morgan fingerprint density at radius 2 is 1.76 bits per heavy atom. The van der Waals surface area contributed by atoms with Crippen LogP contribution in [0.25, 0.3) is 0 Å². The van der Waals surface area contributed by atoms with Crippen LogP contribution < -0.4 is 11.1 Å². The molecular weight excluding hydrogens is 314 g/mol. The first-order valence-electron chi connectivity index (χ1n) is 6.25. The summed E-state index contributed by atoms with van der Waals surface area (Å²) < 4.78 is 27.5. The zero-order valence-electron chi connectivity index (χ0n) is 11.0. The fourth-order valence-electron chi connectivity index (χ4n) is 1.87. The van der Waals surface area contributed by atoms with E-state index in [9.17, 15) is 8.78 Å². The molecule has 0 aliphatic rings. The zero-order chi connectivity index (χ0) is 15.4. The summed E-state index contributed by atoms with van der Waals surface area (Å²) in [4.78, 5) is -0.167. The molecule has 6 heteroatoms. The number of benzene rings is 2. The van der Waals surface area contributed by atoms with Crippen molar-refractivity contribution >= 4 is 34.5 Å². The van der Waals surface area contributed by atoms with E-state index in [0.29, 0.717) is 18.0 Å². The Bertz CT molecular complexity index is 659. The smallest absolute Gasteiger partial charge is 0.182 e. The first-order valence-corrected chi connectivity index (χ1v) is 7.04. The molecule has 0 fully saturated rings. The summed E-state index contributed by atoms with van der Waals surface area (Å²) in [6, 6.07) is 10.1. The third-order valence-corrected chi connectivity index (χ3v) is 3.46. The van der Waals surface area contributed by atoms with Crippen LogP contribution in [0.15, 0.2) is 36.4 Å². The standard InChI is InChI=1S/C15H13ClF2N2S/c16-10-3-1-9(2-4-10)7-8-20-12-6-5-11(15(19)21)13(17)14(12)18/h1-6,20H,7-8H2,(H2,19,21). The minimum Gasteiger partial charge on any atom is -0.389 e. The minimum atomic E-state index is -1.03. The summed E-state index contributed by atoms with van der Waals surface area (Å²) in [5.74, 6) is -2.00. The molecule has 0 amide bonds. The lowest BCUT2D eigenvalue weighted by Gasteiger charge is -2.10. The third kappa shape index (κ3) is 3.89. The summed E-state index contributed by atoms with van der Waals surface area (Å²) in [5, 5.41) is 3.51. The van der Waals surface area contributed by atoms with Gasteiger partial charge in [-0.2, -0.15) is 0 Å². The normalized spacial score (nSPS) is 10.4. The Balaban J connectivity index is 2.02. The number of anilines is 1. The fraction of sp³-hybridized carbons (Fsp3) is 0.133. The van der Waals surface area contributed by atoms with Gasteiger partial charge in [0, 0.05) is 17.1 Å². The molecule has 0 atom stereocenters. The Kier molecular flexibility index (Phi) is 5.09. The SMILES string of the molecule is NC(=S)c1ccc(NCCc2ccc(Cl)cc2)c(F)c1F. The lowest BCUT2D eigenvalue weighted by atomic mass is 10.1. The van der Waals surface area contributed by atoms with Crippen LogP contribution in [0.2, 0.25) is 5.02 Å². The van der Waals surface area contributed by atoms with Gasteiger partial charge in [-0.1, -0.05) is 36.0 Å². The van der Waals surface area contributed by atoms with Crippen LogP contribution in [0, 0.1) is 11.6 Å². The second kappa shape index (κ2) is 6.83. The van der Waals surface area contributed by atoms with E-state index in [1.54, 1.807) is 12.1 Å². The summed E-state index contributed by atoms with van der Waals surface area (Å²) >= 11 is 10.4. The molecule has 21 heavy (non-hydrogen) atoms. The van der Waals surface area contributed by atoms with Crippen LogP contribution in [0.1, 0.15) is 11.1 Å². The quantitative estimate of drug-likeness (QED) is 0.818. The molecule has 0 bridgehead atoms. The number of hydrogen-bond donors (Lipinski definition) is 2. The maximum atomic E-state index is 13.8. The highest BCUT2D eigenvalue weighted by Gasteiger charge is 2.14. The van der Waals surface area contributed by atoms with Gasteiger partial charge in [0.25, 0.3) is 0 Å². The van der Waals surface area contributed by atoms with E-state index < -0.39 is 11.6 Å². The molecule has 2 nitrogen and oxygen atoms in total. The summed E-state index contributed by atoms with van der Waals surface area (Å²) in [7, 11) is 0. The van der Waals surface area contributed by atoms with Crippen LogP contribution in [0.5, 0.6) is 0 Å². The van der Waals surface area contributed by atoms with Crippen LogP contribution in [0.4, 0.5) is 14.5 Å². The second-order valence-corrected chi connectivity index (χ2v) is 5.33. The molecule has 3 N–H and O–H groups in total. The Morgan fingerprint density at radius 1 is 1.10 bits per heavy atom. The van der Waals surface area contributed by atoms with Crippen molar-refractivity contribution in [3.63, 3.8) is 0 Å². The number of rotatable bonds is 5. The first kappa shape index (κ1) is 15.7. The van der Waals surface area contributed by atoms with Gasteiger partial charge in [-0.15, -0.1) is 0 Å². The molecule has 0 aromatic heterocycles. The van der Waals surface area contributed by atoms with Crippen molar-refractivity contribution in [3.8, 4) is 0 Å². The minimum absolute atomic E-state index is 0.0847. The maximum absolute atomic E-state index is 13.8. The second-order valence-electron chi connectivity index (χ2n) is 4.46. The molecule has 0 saturated carbocycles. The molecule has 0 radical (unpaired) electrons. The Labute approximate surface area is 131 Å². The molecule has 110 valence electrons. The molecule has 2 aromatic carbocycles. The van der Waals surface area contributed by atoms with Crippen LogP contribution >= 0.6 is 23.8 Å². The molecule has 0 unspecified atom stereocenters. The summed E-state index contributed by atoms with van der Waals surface area (Å²) in [6.07, 6.45) is 0.662. The Morgan fingerprint density at radius 3 is 2.38 bits per heavy atom. The molecule has 0 heterocycles. The predicted octanol–water partition coefficient (Wildman–Crippen LogP) is 3.91. The molecule has 0 saturated heterocycles. The molecule has 0 aliphatic heterocycles. The summed E-state index contributed by atoms with van der Waals surface area (Å²) in [5.41, 5.74) is 6.36. The number of hydrogen-bond acceptors (Lipinski definition) is 2. The van der Waals surface area contributed by atoms with Gasteiger partial charge in [0.2, 0.25) is 0 Å². The number of nitrogens with one attached hydrogen (secondary N) is 1. The van der Waals surface area contributed by atoms with Crippen molar-refractivity contribution in [2.24, 2.45) is 5.73 Å². The van der Waals surface area contributed by atoms with Gasteiger partial charge in [0.05, 0.1) is 5.69 Å². The lowest BCUT2D eigenvalue weighted by Crippen LogP contribution is -2.14. The van der Waals surface area contributed by atoms with E-state index in [2.05, 4.69) is 17.5 Å². The first-order chi connectivity index (χ1) is 9.99. The van der Waals surface area contributed by atoms with Crippen molar-refractivity contribution in [1.82, 2.24) is 0 Å². The average molecular weight is 327 g/mol. The number of nitrogens with two attached hydrogens (primary N) is 1. The van der Waals surface area contributed by atoms with Crippen LogP contribution in [-0.2, 0) is 6.42 Å². The summed E-state index contributed by atoms with van der Waals surface area (Å²) in [6.45, 7) is 0.463. The largest absolute Gasteiger partial charge is 0.389 e. The van der Waals surface area contributed by atoms with Crippen LogP contribution in [-0.4, -0.2) is 11.5 Å². The molecule has 0 spiro atoms. The van der Waals surface area contributed by atoms with Crippen molar-refractivity contribution in [2.45, 2.75) is 6.42 Å². The van der Waals surface area contributed by atoms with Gasteiger partial charge in [0.15, 0.2) is 11.6 Å². The van der Waals surface area contributed by atoms with Crippen LogP contribution in [0.3, 0.4) is 0 Å². The monoisotopic (exact) mass is 326 g/mol. The van der Waals surface area contributed by atoms with Gasteiger partial charge < -0.3 is 11.1 Å². The van der Waals surface area contributed by atoms with Gasteiger partial charge in [-0.05, 0) is 36.2 Å². The topological polar surface area (TPSA) is 38.0 Å². The number of thiocarbonyl (C=S) groups is 1. The van der Waals surface area contributed by atoms with E-state index in [1.165, 1.54) is 12.1 Å². The molecule has 2 aromatic rings. The van der Waals surface area contributed by atoms with E-state index in [4.69, 9.17) is 17.3 Å². The van der Waals surface area contributed by atoms with Gasteiger partial charge in [-0.25, -0.2) is 8.78 Å². The highest BCUT2D eigenvalue weighted by Crippen LogP contribution is 2.20. The van der Waals surface area contributed by atoms with Gasteiger partial charge in [-0.3, -0.25) is 0 Å². The maximum Gasteiger partial charge on any atom is 0.182 e. The van der Waals surface area contributed by atoms with Crippen molar-refractivity contribution in [2.75, 3.05) is 11.9 Å². The van der Waals surface area contributed by atoms with Crippen molar-refractivity contribution in [1.29, 1.82) is 0 Å². The van der Waals surface area contributed by atoms with E-state index in [-0.39, 0.29) is 16.2 Å². The van der Waals surface area contributed by atoms with Crippen molar-refractivity contribution < 1.29 is 8.78 Å². The highest BCUT2D eigenvalue weighted by atomic mass is 35.5. The average Bonchev–Trinajstić information content (AvgIpc) is 2.45. The lowest BCUT2D eigenvalue weighted by molar-refractivity contribution is 0.509. The fourth-order valence-corrected chi connectivity index (χ4v) is 2.15. The molecule has 2 rings (SSSR count). The van der Waals surface area contributed by atoms with E-state index in [1.807, 2.05) is 12.1 Å². The zero-order valence-corrected chi connectivity index (χ0v) is 12.6. The number of halogens is 3.